The number of rotatable bonds is 8. The minimum atomic E-state index is -0.806. The molecule has 0 radical (unpaired) electrons. The molecule has 31 heavy (non-hydrogen) atoms. The van der Waals surface area contributed by atoms with E-state index in [0.717, 1.165) is 0 Å². The third-order valence-electron chi connectivity index (χ3n) is 5.03. The number of esters is 1. The number of ether oxygens (including phenoxy) is 1. The van der Waals surface area contributed by atoms with Crippen LogP contribution < -0.4 is 16.0 Å². The van der Waals surface area contributed by atoms with Crippen LogP contribution >= 0.6 is 0 Å². The number of carbonyl (C=O) groups excluding carboxylic acids is 4. The lowest BCUT2D eigenvalue weighted by atomic mass is 9.84. The molecule has 0 fully saturated rings. The Kier molecular flexibility index (Phi) is 8.36. The van der Waals surface area contributed by atoms with Crippen molar-refractivity contribution < 1.29 is 23.9 Å². The van der Waals surface area contributed by atoms with Crippen molar-refractivity contribution in [2.75, 3.05) is 13.7 Å². The van der Waals surface area contributed by atoms with Crippen molar-refractivity contribution in [3.05, 3.63) is 41.5 Å². The number of hydrogen-bond donors (Lipinski definition) is 3. The van der Waals surface area contributed by atoms with Crippen LogP contribution in [0.3, 0.4) is 0 Å². The molecule has 0 saturated heterocycles. The Morgan fingerprint density at radius 1 is 1.13 bits per heavy atom. The van der Waals surface area contributed by atoms with Crippen LogP contribution in [0.15, 0.2) is 30.3 Å². The van der Waals surface area contributed by atoms with Gasteiger partial charge in [0.15, 0.2) is 0 Å². The topological polar surface area (TPSA) is 114 Å². The molecule has 0 spiro atoms. The van der Waals surface area contributed by atoms with Crippen molar-refractivity contribution in [2.45, 2.75) is 46.2 Å². The van der Waals surface area contributed by atoms with E-state index in [9.17, 15) is 19.2 Å². The highest BCUT2D eigenvalue weighted by Crippen LogP contribution is 2.30. The van der Waals surface area contributed by atoms with Gasteiger partial charge in [0.1, 0.15) is 12.6 Å². The molecule has 1 aromatic rings. The lowest BCUT2D eigenvalue weighted by Crippen LogP contribution is -2.48. The lowest BCUT2D eigenvalue weighted by Gasteiger charge is -2.31. The van der Waals surface area contributed by atoms with Gasteiger partial charge in [0.05, 0.1) is 13.2 Å². The van der Waals surface area contributed by atoms with Gasteiger partial charge in [0.25, 0.3) is 5.91 Å². The maximum absolute atomic E-state index is 12.9. The number of nitrogens with one attached hydrogen (secondary N) is 3. The zero-order valence-electron chi connectivity index (χ0n) is 18.7. The van der Waals surface area contributed by atoms with E-state index in [4.69, 9.17) is 0 Å². The second-order valence-corrected chi connectivity index (χ2v) is 8.33. The van der Waals surface area contributed by atoms with E-state index in [0.29, 0.717) is 23.1 Å². The first-order valence-corrected chi connectivity index (χ1v) is 10.4. The van der Waals surface area contributed by atoms with E-state index in [-0.39, 0.29) is 30.3 Å². The van der Waals surface area contributed by atoms with Crippen LogP contribution in [0.5, 0.6) is 0 Å². The molecular formula is C23H31N3O5. The van der Waals surface area contributed by atoms with Gasteiger partial charge in [-0.25, -0.2) is 0 Å². The van der Waals surface area contributed by atoms with Crippen molar-refractivity contribution in [1.29, 1.82) is 0 Å². The quantitative estimate of drug-likeness (QED) is 0.430. The Hall–Kier alpha value is -3.16. The summed E-state index contributed by atoms with van der Waals surface area (Å²) in [6, 6.07) is 6.00. The van der Waals surface area contributed by atoms with E-state index in [1.807, 2.05) is 39.8 Å². The highest BCUT2D eigenvalue weighted by Gasteiger charge is 2.31. The Bertz CT molecular complexity index is 876. The molecule has 3 amide bonds. The highest BCUT2D eigenvalue weighted by atomic mass is 16.5. The Morgan fingerprint density at radius 3 is 2.35 bits per heavy atom. The molecule has 1 aliphatic rings. The SMILES string of the molecule is COC(=O)CNC(=O)C(CC(C)C)NC(=O)/C=C1/c2ccccc2C(=O)NC1C(C)C. The maximum atomic E-state index is 12.9. The van der Waals surface area contributed by atoms with Gasteiger partial charge in [-0.05, 0) is 35.5 Å². The van der Waals surface area contributed by atoms with Crippen LogP contribution in [0.25, 0.3) is 5.57 Å². The molecule has 8 nitrogen and oxygen atoms in total. The smallest absolute Gasteiger partial charge is 0.325 e. The van der Waals surface area contributed by atoms with Crippen molar-refractivity contribution in [1.82, 2.24) is 16.0 Å². The summed E-state index contributed by atoms with van der Waals surface area (Å²) in [6.45, 7) is 7.54. The summed E-state index contributed by atoms with van der Waals surface area (Å²) in [7, 11) is 1.24. The summed E-state index contributed by atoms with van der Waals surface area (Å²) >= 11 is 0. The highest BCUT2D eigenvalue weighted by molar-refractivity contribution is 6.07. The number of benzene rings is 1. The molecule has 8 heteroatoms. The van der Waals surface area contributed by atoms with Gasteiger partial charge >= 0.3 is 5.97 Å². The molecule has 2 atom stereocenters. The molecule has 0 saturated carbocycles. The van der Waals surface area contributed by atoms with Crippen LogP contribution in [0.1, 0.15) is 50.0 Å². The van der Waals surface area contributed by atoms with Gasteiger partial charge in [-0.15, -0.1) is 0 Å². The predicted molar refractivity (Wildman–Crippen MR) is 117 cm³/mol. The zero-order chi connectivity index (χ0) is 23.1. The molecule has 0 aliphatic carbocycles. The average Bonchev–Trinajstić information content (AvgIpc) is 2.72. The molecule has 1 aromatic carbocycles. The third-order valence-corrected chi connectivity index (χ3v) is 5.03. The van der Waals surface area contributed by atoms with Crippen LogP contribution in [0.4, 0.5) is 0 Å². The van der Waals surface area contributed by atoms with Gasteiger partial charge in [-0.2, -0.15) is 0 Å². The Labute approximate surface area is 182 Å². The first kappa shape index (κ1) is 24.1. The van der Waals surface area contributed by atoms with E-state index in [1.54, 1.807) is 12.1 Å². The summed E-state index contributed by atoms with van der Waals surface area (Å²) in [5.41, 5.74) is 1.91. The van der Waals surface area contributed by atoms with E-state index in [2.05, 4.69) is 20.7 Å². The second-order valence-electron chi connectivity index (χ2n) is 8.33. The number of hydrogen-bond acceptors (Lipinski definition) is 5. The first-order valence-electron chi connectivity index (χ1n) is 10.4. The third kappa shape index (κ3) is 6.41. The van der Waals surface area contributed by atoms with Crippen molar-refractivity contribution >= 4 is 29.3 Å². The molecule has 2 rings (SSSR count). The molecular weight excluding hydrogens is 398 g/mol. The summed E-state index contributed by atoms with van der Waals surface area (Å²) in [6.07, 6.45) is 1.85. The largest absolute Gasteiger partial charge is 0.468 e. The van der Waals surface area contributed by atoms with E-state index in [1.165, 1.54) is 13.2 Å². The van der Waals surface area contributed by atoms with E-state index < -0.39 is 23.8 Å². The van der Waals surface area contributed by atoms with Gasteiger partial charge in [0.2, 0.25) is 11.8 Å². The standard InChI is InChI=1S/C23H31N3O5/c1-13(2)10-18(23(30)24-12-20(28)31-5)25-19(27)11-17-15-8-6-7-9-16(15)22(29)26-21(17)14(3)4/h6-9,11,13-14,18,21H,10,12H2,1-5H3,(H,24,30)(H,25,27)(H,26,29)/b17-11-. The Balaban J connectivity index is 2.27. The maximum Gasteiger partial charge on any atom is 0.325 e. The van der Waals surface area contributed by atoms with Crippen LogP contribution in [0.2, 0.25) is 0 Å². The lowest BCUT2D eigenvalue weighted by molar-refractivity contribution is -0.141. The Morgan fingerprint density at radius 2 is 1.77 bits per heavy atom. The van der Waals surface area contributed by atoms with Gasteiger partial charge < -0.3 is 20.7 Å². The van der Waals surface area contributed by atoms with Gasteiger partial charge in [-0.1, -0.05) is 45.9 Å². The predicted octanol–water partition coefficient (Wildman–Crippen LogP) is 1.66. The van der Waals surface area contributed by atoms with Gasteiger partial charge in [-0.3, -0.25) is 19.2 Å². The first-order chi connectivity index (χ1) is 14.6. The van der Waals surface area contributed by atoms with Crippen molar-refractivity contribution in [3.8, 4) is 0 Å². The minimum Gasteiger partial charge on any atom is -0.468 e. The number of methoxy groups -OCH3 is 1. The van der Waals surface area contributed by atoms with Gasteiger partial charge in [0, 0.05) is 11.6 Å². The van der Waals surface area contributed by atoms with Crippen LogP contribution in [-0.4, -0.2) is 49.4 Å². The summed E-state index contributed by atoms with van der Waals surface area (Å²) in [4.78, 5) is 49.2. The van der Waals surface area contributed by atoms with Crippen LogP contribution in [0, 0.1) is 11.8 Å². The van der Waals surface area contributed by atoms with Crippen LogP contribution in [-0.2, 0) is 19.1 Å². The fourth-order valence-corrected chi connectivity index (χ4v) is 3.50. The zero-order valence-corrected chi connectivity index (χ0v) is 18.7. The molecule has 0 bridgehead atoms. The number of amides is 3. The second kappa shape index (κ2) is 10.7. The normalized spacial score (nSPS) is 17.7. The summed E-state index contributed by atoms with van der Waals surface area (Å²) < 4.78 is 4.53. The summed E-state index contributed by atoms with van der Waals surface area (Å²) in [5, 5.41) is 8.19. The molecule has 1 aliphatic heterocycles. The molecule has 1 heterocycles. The monoisotopic (exact) mass is 429 g/mol. The number of fused-ring (bicyclic) bond motifs is 1. The average molecular weight is 430 g/mol. The fourth-order valence-electron chi connectivity index (χ4n) is 3.50. The number of carbonyl (C=O) groups is 4. The summed E-state index contributed by atoms with van der Waals surface area (Å²) in [5.74, 6) is -1.44. The molecule has 168 valence electrons. The van der Waals surface area contributed by atoms with Crippen molar-refractivity contribution in [3.63, 3.8) is 0 Å². The molecule has 0 aromatic heterocycles. The molecule has 3 N–H and O–H groups in total. The van der Waals surface area contributed by atoms with E-state index >= 15 is 0 Å². The molecule has 2 unspecified atom stereocenters. The fraction of sp³-hybridized carbons (Fsp3) is 0.478. The van der Waals surface area contributed by atoms with Crippen molar-refractivity contribution in [2.24, 2.45) is 11.8 Å². The minimum absolute atomic E-state index is 0.0613.